The van der Waals surface area contributed by atoms with E-state index in [1.165, 1.54) is 6.42 Å². The molecule has 0 aliphatic rings. The first-order valence-electron chi connectivity index (χ1n) is 4.41. The quantitative estimate of drug-likeness (QED) is 0.617. The summed E-state index contributed by atoms with van der Waals surface area (Å²) in [5, 5.41) is 8.61. The van der Waals surface area contributed by atoms with Crippen molar-refractivity contribution >= 4 is 0 Å². The summed E-state index contributed by atoms with van der Waals surface area (Å²) in [5.41, 5.74) is 0. The van der Waals surface area contributed by atoms with Crippen molar-refractivity contribution < 1.29 is 5.11 Å². The Hall–Kier alpha value is -0.460. The third kappa shape index (κ3) is 26.3. The second-order valence-electron chi connectivity index (χ2n) is 3.21. The molecule has 0 aromatic carbocycles. The molecule has 0 aliphatic carbocycles. The van der Waals surface area contributed by atoms with Crippen LogP contribution >= 0.6 is 0 Å². The fraction of sp³-hybridized carbons (Fsp3) is 0.800. The van der Waals surface area contributed by atoms with E-state index in [9.17, 15) is 0 Å². The van der Waals surface area contributed by atoms with Crippen molar-refractivity contribution in [1.82, 2.24) is 0 Å². The van der Waals surface area contributed by atoms with E-state index < -0.39 is 0 Å². The summed E-state index contributed by atoms with van der Waals surface area (Å²) in [5.74, 6) is 0.970. The lowest BCUT2D eigenvalue weighted by atomic mass is 10.1. The lowest BCUT2D eigenvalue weighted by molar-refractivity contribution is 0.374. The molecule has 0 amide bonds. The fourth-order valence-electron chi connectivity index (χ4n) is 0.455. The first-order chi connectivity index (χ1) is 5.04. The Labute approximate surface area is 71.1 Å². The first kappa shape index (κ1) is 13.2. The van der Waals surface area contributed by atoms with Crippen LogP contribution in [0.4, 0.5) is 0 Å². The molecule has 0 radical (unpaired) electrons. The molecule has 0 unspecified atom stereocenters. The third-order valence-electron chi connectivity index (χ3n) is 1.01. The lowest BCUT2D eigenvalue weighted by Crippen LogP contribution is -1.87. The number of hydrogen-bond donors (Lipinski definition) is 1. The zero-order valence-corrected chi connectivity index (χ0v) is 8.35. The maximum absolute atomic E-state index is 8.61. The summed E-state index contributed by atoms with van der Waals surface area (Å²) < 4.78 is 0. The van der Waals surface area contributed by atoms with Gasteiger partial charge in [0.05, 0.1) is 5.76 Å². The van der Waals surface area contributed by atoms with Crippen LogP contribution in [0.5, 0.6) is 0 Å². The summed E-state index contributed by atoms with van der Waals surface area (Å²) in [6.07, 6.45) is 3.03. The van der Waals surface area contributed by atoms with Gasteiger partial charge in [-0.15, -0.1) is 0 Å². The number of aliphatic hydroxyl groups is 1. The lowest BCUT2D eigenvalue weighted by Gasteiger charge is -2.00. The first-order valence-corrected chi connectivity index (χ1v) is 4.41. The maximum Gasteiger partial charge on any atom is 0.0851 e. The summed E-state index contributed by atoms with van der Waals surface area (Å²) in [4.78, 5) is 0. The highest BCUT2D eigenvalue weighted by molar-refractivity contribution is 4.78. The molecule has 0 rings (SSSR count). The molecule has 0 saturated heterocycles. The number of rotatable bonds is 3. The van der Waals surface area contributed by atoms with E-state index in [1.54, 1.807) is 0 Å². The number of aliphatic hydroxyl groups excluding tert-OH is 1. The second kappa shape index (κ2) is 9.54. The molecule has 1 heteroatoms. The molecule has 0 aromatic heterocycles. The topological polar surface area (TPSA) is 20.2 Å². The molecule has 0 aliphatic heterocycles. The third-order valence-corrected chi connectivity index (χ3v) is 1.01. The van der Waals surface area contributed by atoms with E-state index in [0.717, 1.165) is 12.8 Å². The summed E-state index contributed by atoms with van der Waals surface area (Å²) >= 11 is 0. The van der Waals surface area contributed by atoms with E-state index in [-0.39, 0.29) is 0 Å². The van der Waals surface area contributed by atoms with Gasteiger partial charge < -0.3 is 5.11 Å². The van der Waals surface area contributed by atoms with Gasteiger partial charge in [-0.3, -0.25) is 0 Å². The molecule has 0 saturated carbocycles. The highest BCUT2D eigenvalue weighted by atomic mass is 16.3. The van der Waals surface area contributed by atoms with Crippen LogP contribution in [0.15, 0.2) is 12.3 Å². The molecule has 0 aromatic rings. The fourth-order valence-corrected chi connectivity index (χ4v) is 0.455. The van der Waals surface area contributed by atoms with Crippen LogP contribution in [0.2, 0.25) is 0 Å². The Kier molecular flexibility index (Phi) is 11.4. The van der Waals surface area contributed by atoms with Crippen LogP contribution in [-0.4, -0.2) is 5.11 Å². The van der Waals surface area contributed by atoms with Crippen molar-refractivity contribution in [3.8, 4) is 0 Å². The predicted molar refractivity (Wildman–Crippen MR) is 51.8 cm³/mol. The van der Waals surface area contributed by atoms with Crippen LogP contribution in [0.25, 0.3) is 0 Å². The monoisotopic (exact) mass is 158 g/mol. The molecular formula is C10H22O. The van der Waals surface area contributed by atoms with Crippen LogP contribution in [0.1, 0.15) is 47.0 Å². The summed E-state index contributed by atoms with van der Waals surface area (Å²) in [6.45, 7) is 11.9. The van der Waals surface area contributed by atoms with E-state index in [4.69, 9.17) is 5.11 Å². The van der Waals surface area contributed by atoms with Crippen LogP contribution in [0.3, 0.4) is 0 Å². The van der Waals surface area contributed by atoms with Crippen molar-refractivity contribution in [2.75, 3.05) is 0 Å². The normalized spacial score (nSPS) is 8.82. The highest BCUT2D eigenvalue weighted by Crippen LogP contribution is 2.06. The standard InChI is InChI=1S/C7H14O.C3H8/c1-6(2)4-5-7(3)8;1-3-2/h6,8H,3-5H2,1-2H3;3H2,1-2H3. The van der Waals surface area contributed by atoms with Crippen molar-refractivity contribution in [2.45, 2.75) is 47.0 Å². The van der Waals surface area contributed by atoms with Gasteiger partial charge in [-0.2, -0.15) is 0 Å². The van der Waals surface area contributed by atoms with Gasteiger partial charge in [-0.25, -0.2) is 0 Å². The number of allylic oxidation sites excluding steroid dienone is 1. The maximum atomic E-state index is 8.61. The number of hydrogen-bond acceptors (Lipinski definition) is 1. The average molecular weight is 158 g/mol. The van der Waals surface area contributed by atoms with E-state index in [1.807, 2.05) is 0 Å². The van der Waals surface area contributed by atoms with Crippen LogP contribution in [-0.2, 0) is 0 Å². The van der Waals surface area contributed by atoms with E-state index in [2.05, 4.69) is 34.3 Å². The summed E-state index contributed by atoms with van der Waals surface area (Å²) in [6, 6.07) is 0. The minimum absolute atomic E-state index is 0.304. The predicted octanol–water partition coefficient (Wildman–Crippen LogP) is 3.91. The SMILES string of the molecule is C=C(O)CCC(C)C.CCC. The van der Waals surface area contributed by atoms with E-state index in [0.29, 0.717) is 11.7 Å². The molecule has 0 spiro atoms. The van der Waals surface area contributed by atoms with Crippen molar-refractivity contribution in [3.05, 3.63) is 12.3 Å². The Balaban J connectivity index is 0. The molecule has 0 heterocycles. The molecule has 0 atom stereocenters. The van der Waals surface area contributed by atoms with Gasteiger partial charge in [0.2, 0.25) is 0 Å². The van der Waals surface area contributed by atoms with Gasteiger partial charge in [0, 0.05) is 6.42 Å². The Morgan fingerprint density at radius 1 is 1.36 bits per heavy atom. The van der Waals surface area contributed by atoms with Crippen molar-refractivity contribution in [2.24, 2.45) is 5.92 Å². The van der Waals surface area contributed by atoms with Gasteiger partial charge in [-0.1, -0.05) is 40.7 Å². The molecule has 0 fully saturated rings. The highest BCUT2D eigenvalue weighted by Gasteiger charge is 1.93. The van der Waals surface area contributed by atoms with Crippen molar-refractivity contribution in [1.29, 1.82) is 0 Å². The van der Waals surface area contributed by atoms with Crippen LogP contribution < -0.4 is 0 Å². The Bertz CT molecular complexity index is 84.9. The largest absolute Gasteiger partial charge is 0.513 e. The zero-order chi connectivity index (χ0) is 9.28. The minimum atomic E-state index is 0.304. The summed E-state index contributed by atoms with van der Waals surface area (Å²) in [7, 11) is 0. The Morgan fingerprint density at radius 2 is 1.73 bits per heavy atom. The van der Waals surface area contributed by atoms with Gasteiger partial charge in [0.1, 0.15) is 0 Å². The van der Waals surface area contributed by atoms with Gasteiger partial charge >= 0.3 is 0 Å². The van der Waals surface area contributed by atoms with Gasteiger partial charge in [0.25, 0.3) is 0 Å². The Morgan fingerprint density at radius 3 is 1.82 bits per heavy atom. The van der Waals surface area contributed by atoms with E-state index >= 15 is 0 Å². The van der Waals surface area contributed by atoms with Gasteiger partial charge in [-0.05, 0) is 12.3 Å². The smallest absolute Gasteiger partial charge is 0.0851 e. The minimum Gasteiger partial charge on any atom is -0.513 e. The van der Waals surface area contributed by atoms with Crippen molar-refractivity contribution in [3.63, 3.8) is 0 Å². The molecule has 0 bridgehead atoms. The van der Waals surface area contributed by atoms with Gasteiger partial charge in [0.15, 0.2) is 0 Å². The molecular weight excluding hydrogens is 136 g/mol. The average Bonchev–Trinajstić information content (AvgIpc) is 1.85. The molecule has 68 valence electrons. The second-order valence-corrected chi connectivity index (χ2v) is 3.21. The zero-order valence-electron chi connectivity index (χ0n) is 8.35. The molecule has 1 nitrogen and oxygen atoms in total. The molecule has 11 heavy (non-hydrogen) atoms. The molecule has 1 N–H and O–H groups in total. The van der Waals surface area contributed by atoms with Crippen LogP contribution in [0, 0.1) is 5.92 Å².